The summed E-state index contributed by atoms with van der Waals surface area (Å²) < 4.78 is 5.88. The van der Waals surface area contributed by atoms with Crippen LogP contribution in [0.3, 0.4) is 0 Å². The second-order valence-corrected chi connectivity index (χ2v) is 6.78. The van der Waals surface area contributed by atoms with Crippen LogP contribution in [-0.2, 0) is 4.79 Å². The highest BCUT2D eigenvalue weighted by atomic mass is 16.5. The van der Waals surface area contributed by atoms with Gasteiger partial charge in [0.25, 0.3) is 0 Å². The third-order valence-electron chi connectivity index (χ3n) is 4.55. The number of carbonyl (C=O) groups is 2. The minimum absolute atomic E-state index is 0.0715. The summed E-state index contributed by atoms with van der Waals surface area (Å²) in [6.45, 7) is 7.12. The van der Waals surface area contributed by atoms with Crippen molar-refractivity contribution in [2.24, 2.45) is 11.7 Å². The number of nitrogens with zero attached hydrogens (tertiary/aromatic N) is 1. The number of likely N-dealkylation sites (tertiary alicyclic amines) is 1. The Morgan fingerprint density at radius 1 is 1.28 bits per heavy atom. The van der Waals surface area contributed by atoms with Crippen LogP contribution in [0, 0.1) is 5.92 Å². The zero-order valence-electron chi connectivity index (χ0n) is 15.3. The molecule has 2 rings (SSSR count). The summed E-state index contributed by atoms with van der Waals surface area (Å²) >= 11 is 0. The highest BCUT2D eigenvalue weighted by Gasteiger charge is 2.27. The largest absolute Gasteiger partial charge is 0.491 e. The molecule has 138 valence electrons. The van der Waals surface area contributed by atoms with Gasteiger partial charge < -0.3 is 20.7 Å². The molecule has 1 saturated heterocycles. The van der Waals surface area contributed by atoms with E-state index in [1.165, 1.54) is 0 Å². The first kappa shape index (κ1) is 19.1. The quantitative estimate of drug-likeness (QED) is 0.830. The van der Waals surface area contributed by atoms with Crippen molar-refractivity contribution < 1.29 is 14.3 Å². The monoisotopic (exact) mass is 347 g/mol. The van der Waals surface area contributed by atoms with Crippen LogP contribution >= 0.6 is 0 Å². The van der Waals surface area contributed by atoms with Crippen molar-refractivity contribution in [3.8, 4) is 5.75 Å². The van der Waals surface area contributed by atoms with E-state index < -0.39 is 0 Å². The number of carbonyl (C=O) groups excluding carboxylic acids is 2. The van der Waals surface area contributed by atoms with Crippen molar-refractivity contribution in [1.29, 1.82) is 0 Å². The van der Waals surface area contributed by atoms with Crippen LogP contribution in [0.25, 0.3) is 0 Å². The van der Waals surface area contributed by atoms with Gasteiger partial charge in [0.1, 0.15) is 5.75 Å². The van der Waals surface area contributed by atoms with Crippen molar-refractivity contribution in [3.63, 3.8) is 0 Å². The van der Waals surface area contributed by atoms with Gasteiger partial charge in [0.2, 0.25) is 5.91 Å². The molecule has 1 aliphatic rings. The maximum atomic E-state index is 12.6. The molecule has 6 nitrogen and oxygen atoms in total. The molecule has 1 aliphatic heterocycles. The summed E-state index contributed by atoms with van der Waals surface area (Å²) in [5.74, 6) is 0.412. The van der Waals surface area contributed by atoms with Crippen LogP contribution in [0.1, 0.15) is 51.6 Å². The minimum Gasteiger partial charge on any atom is -0.491 e. The molecule has 0 aromatic heterocycles. The number of amides is 3. The van der Waals surface area contributed by atoms with Gasteiger partial charge >= 0.3 is 6.03 Å². The third-order valence-corrected chi connectivity index (χ3v) is 4.55. The molecule has 1 unspecified atom stereocenters. The van der Waals surface area contributed by atoms with E-state index in [1.807, 2.05) is 45.0 Å². The lowest BCUT2D eigenvalue weighted by atomic mass is 9.96. The molecule has 1 aromatic carbocycles. The standard InChI is InChI=1S/C19H29N3O3/c1-4-16(15-7-5-6-8-17(15)25-13(2)3)21-19(24)22-11-9-14(10-12-22)18(20)23/h5-8,13-14,16H,4,9-12H2,1-3H3,(H2,20,23)(H,21,24). The van der Waals surface area contributed by atoms with Gasteiger partial charge in [-0.1, -0.05) is 25.1 Å². The van der Waals surface area contributed by atoms with Crippen LogP contribution in [0.15, 0.2) is 24.3 Å². The lowest BCUT2D eigenvalue weighted by Crippen LogP contribution is -2.47. The molecule has 25 heavy (non-hydrogen) atoms. The molecule has 0 bridgehead atoms. The lowest BCUT2D eigenvalue weighted by Gasteiger charge is -2.32. The number of benzene rings is 1. The zero-order valence-corrected chi connectivity index (χ0v) is 15.3. The Labute approximate surface area is 149 Å². The van der Waals surface area contributed by atoms with Crippen LogP contribution in [0.2, 0.25) is 0 Å². The topological polar surface area (TPSA) is 84.7 Å². The molecule has 6 heteroatoms. The number of nitrogens with two attached hydrogens (primary N) is 1. The summed E-state index contributed by atoms with van der Waals surface area (Å²) in [6.07, 6.45) is 2.10. The summed E-state index contributed by atoms with van der Waals surface area (Å²) in [6, 6.07) is 7.60. The second-order valence-electron chi connectivity index (χ2n) is 6.78. The average Bonchev–Trinajstić information content (AvgIpc) is 2.59. The fraction of sp³-hybridized carbons (Fsp3) is 0.579. The number of nitrogens with one attached hydrogen (secondary N) is 1. The molecule has 0 spiro atoms. The Hall–Kier alpha value is -2.24. The Bertz CT molecular complexity index is 595. The van der Waals surface area contributed by atoms with E-state index in [1.54, 1.807) is 4.90 Å². The van der Waals surface area contributed by atoms with Crippen LogP contribution in [0.4, 0.5) is 4.79 Å². The van der Waals surface area contributed by atoms with Crippen molar-refractivity contribution in [1.82, 2.24) is 10.2 Å². The minimum atomic E-state index is -0.272. The van der Waals surface area contributed by atoms with Gasteiger partial charge in [-0.25, -0.2) is 4.79 Å². The predicted octanol–water partition coefficient (Wildman–Crippen LogP) is 2.83. The van der Waals surface area contributed by atoms with Gasteiger partial charge in [-0.15, -0.1) is 0 Å². The summed E-state index contributed by atoms with van der Waals surface area (Å²) in [5.41, 5.74) is 6.34. The normalized spacial score (nSPS) is 16.6. The molecule has 1 atom stereocenters. The average molecular weight is 347 g/mol. The third kappa shape index (κ3) is 5.11. The van der Waals surface area contributed by atoms with Crippen molar-refractivity contribution in [2.45, 2.75) is 52.2 Å². The van der Waals surface area contributed by atoms with E-state index in [0.29, 0.717) is 25.9 Å². The van der Waals surface area contributed by atoms with Crippen molar-refractivity contribution in [3.05, 3.63) is 29.8 Å². The van der Waals surface area contributed by atoms with Gasteiger partial charge in [-0.3, -0.25) is 4.79 Å². The van der Waals surface area contributed by atoms with E-state index in [9.17, 15) is 9.59 Å². The lowest BCUT2D eigenvalue weighted by molar-refractivity contribution is -0.123. The summed E-state index contributed by atoms with van der Waals surface area (Å²) in [7, 11) is 0. The fourth-order valence-corrected chi connectivity index (χ4v) is 3.14. The molecule has 1 heterocycles. The summed E-state index contributed by atoms with van der Waals surface area (Å²) in [4.78, 5) is 25.6. The number of piperidine rings is 1. The van der Waals surface area contributed by atoms with Gasteiger partial charge in [-0.2, -0.15) is 0 Å². The molecule has 0 aliphatic carbocycles. The number of hydrogen-bond donors (Lipinski definition) is 2. The van der Waals surface area contributed by atoms with E-state index in [-0.39, 0.29) is 30.0 Å². The first-order valence-electron chi connectivity index (χ1n) is 9.02. The number of primary amides is 1. The van der Waals surface area contributed by atoms with E-state index >= 15 is 0 Å². The Balaban J connectivity index is 2.03. The second kappa shape index (κ2) is 8.74. The predicted molar refractivity (Wildman–Crippen MR) is 97.3 cm³/mol. The first-order valence-corrected chi connectivity index (χ1v) is 9.02. The molecule has 0 radical (unpaired) electrons. The number of rotatable bonds is 6. The zero-order chi connectivity index (χ0) is 18.4. The SMILES string of the molecule is CCC(NC(=O)N1CCC(C(N)=O)CC1)c1ccccc1OC(C)C. The molecule has 3 amide bonds. The van der Waals surface area contributed by atoms with Crippen molar-refractivity contribution in [2.75, 3.05) is 13.1 Å². The molecular weight excluding hydrogens is 318 g/mol. The van der Waals surface area contributed by atoms with Crippen LogP contribution < -0.4 is 15.8 Å². The van der Waals surface area contributed by atoms with Gasteiger partial charge in [0.15, 0.2) is 0 Å². The number of urea groups is 1. The molecule has 3 N–H and O–H groups in total. The number of para-hydroxylation sites is 1. The molecular formula is C19H29N3O3. The van der Waals surface area contributed by atoms with Gasteiger partial charge in [0.05, 0.1) is 12.1 Å². The molecule has 0 saturated carbocycles. The van der Waals surface area contributed by atoms with E-state index in [0.717, 1.165) is 17.7 Å². The first-order chi connectivity index (χ1) is 11.9. The van der Waals surface area contributed by atoms with Gasteiger partial charge in [0, 0.05) is 24.6 Å². The van der Waals surface area contributed by atoms with Crippen molar-refractivity contribution >= 4 is 11.9 Å². The Morgan fingerprint density at radius 2 is 1.92 bits per heavy atom. The van der Waals surface area contributed by atoms with Gasteiger partial charge in [-0.05, 0) is 39.2 Å². The van der Waals surface area contributed by atoms with Crippen LogP contribution in [-0.4, -0.2) is 36.0 Å². The maximum Gasteiger partial charge on any atom is 0.317 e. The highest BCUT2D eigenvalue weighted by Crippen LogP contribution is 2.28. The fourth-order valence-electron chi connectivity index (χ4n) is 3.14. The number of hydrogen-bond acceptors (Lipinski definition) is 3. The Kier molecular flexibility index (Phi) is 6.67. The van der Waals surface area contributed by atoms with E-state index in [4.69, 9.17) is 10.5 Å². The Morgan fingerprint density at radius 3 is 2.48 bits per heavy atom. The summed E-state index contributed by atoms with van der Waals surface area (Å²) in [5, 5.41) is 3.10. The number of ether oxygens (including phenoxy) is 1. The maximum absolute atomic E-state index is 12.6. The smallest absolute Gasteiger partial charge is 0.317 e. The molecule has 1 aromatic rings. The van der Waals surface area contributed by atoms with E-state index in [2.05, 4.69) is 5.32 Å². The van der Waals surface area contributed by atoms with Crippen LogP contribution in [0.5, 0.6) is 5.75 Å². The molecule has 1 fully saturated rings. The highest BCUT2D eigenvalue weighted by molar-refractivity contribution is 5.78.